The second kappa shape index (κ2) is 3.20. The Balaban J connectivity index is 2.81. The number of anilines is 1. The summed E-state index contributed by atoms with van der Waals surface area (Å²) in [4.78, 5) is 0. The van der Waals surface area contributed by atoms with Crippen LogP contribution in [0.5, 0.6) is 5.75 Å². The molecule has 0 aliphatic carbocycles. The molecule has 68 valence electrons. The molecule has 0 radical (unpaired) electrons. The average Bonchev–Trinajstić information content (AvgIpc) is 2.55. The van der Waals surface area contributed by atoms with Crippen molar-refractivity contribution in [2.24, 2.45) is 0 Å². The van der Waals surface area contributed by atoms with Crippen LogP contribution in [-0.2, 0) is 5.33 Å². The summed E-state index contributed by atoms with van der Waals surface area (Å²) in [6, 6.07) is 3.53. The molecule has 0 atom stereocenters. The normalized spacial score (nSPS) is 10.8. The molecule has 0 amide bonds. The molecule has 2 rings (SSSR count). The molecule has 2 nitrogen and oxygen atoms in total. The standard InChI is InChI=1S/C9H8BrNOS/c10-3-5-4-13-9-6(5)1-2-7(12)8(9)11/h1-2,4,12H,3,11H2. The summed E-state index contributed by atoms with van der Waals surface area (Å²) in [6.45, 7) is 0. The van der Waals surface area contributed by atoms with Crippen molar-refractivity contribution in [2.45, 2.75) is 5.33 Å². The van der Waals surface area contributed by atoms with Crippen LogP contribution in [0, 0.1) is 0 Å². The average molecular weight is 258 g/mol. The number of fused-ring (bicyclic) bond motifs is 1. The molecule has 0 saturated carbocycles. The number of hydrogen-bond acceptors (Lipinski definition) is 3. The Morgan fingerprint density at radius 3 is 2.92 bits per heavy atom. The zero-order valence-corrected chi connectivity index (χ0v) is 9.15. The van der Waals surface area contributed by atoms with E-state index < -0.39 is 0 Å². The Morgan fingerprint density at radius 1 is 1.46 bits per heavy atom. The summed E-state index contributed by atoms with van der Waals surface area (Å²) in [5.74, 6) is 0.162. The second-order valence-corrected chi connectivity index (χ2v) is 4.21. The Hall–Kier alpha value is -0.740. The van der Waals surface area contributed by atoms with E-state index in [1.54, 1.807) is 17.4 Å². The number of thiophene rings is 1. The van der Waals surface area contributed by atoms with Crippen LogP contribution in [0.3, 0.4) is 0 Å². The number of hydrogen-bond donors (Lipinski definition) is 2. The van der Waals surface area contributed by atoms with Gasteiger partial charge in [-0.3, -0.25) is 0 Å². The maximum absolute atomic E-state index is 9.37. The van der Waals surface area contributed by atoms with Gasteiger partial charge in [-0.25, -0.2) is 0 Å². The van der Waals surface area contributed by atoms with Gasteiger partial charge in [0.2, 0.25) is 0 Å². The molecular formula is C9H8BrNOS. The van der Waals surface area contributed by atoms with E-state index >= 15 is 0 Å². The molecule has 3 N–H and O–H groups in total. The van der Waals surface area contributed by atoms with Crippen LogP contribution < -0.4 is 5.73 Å². The monoisotopic (exact) mass is 257 g/mol. The zero-order chi connectivity index (χ0) is 9.42. The zero-order valence-electron chi connectivity index (χ0n) is 6.75. The van der Waals surface area contributed by atoms with E-state index in [9.17, 15) is 5.11 Å². The SMILES string of the molecule is Nc1c(O)ccc2c(CBr)csc12. The fourth-order valence-electron chi connectivity index (χ4n) is 1.27. The molecule has 0 spiro atoms. The van der Waals surface area contributed by atoms with Gasteiger partial charge in [-0.15, -0.1) is 11.3 Å². The molecule has 0 aliphatic rings. The summed E-state index contributed by atoms with van der Waals surface area (Å²) in [5.41, 5.74) is 7.43. The van der Waals surface area contributed by atoms with E-state index in [2.05, 4.69) is 21.3 Å². The lowest BCUT2D eigenvalue weighted by atomic mass is 10.2. The van der Waals surface area contributed by atoms with Crippen LogP contribution in [0.4, 0.5) is 5.69 Å². The molecule has 0 bridgehead atoms. The van der Waals surface area contributed by atoms with Crippen molar-refractivity contribution in [1.82, 2.24) is 0 Å². The first-order valence-electron chi connectivity index (χ1n) is 3.77. The molecule has 0 aliphatic heterocycles. The lowest BCUT2D eigenvalue weighted by molar-refractivity contribution is 0.479. The number of halogens is 1. The van der Waals surface area contributed by atoms with Gasteiger partial charge in [-0.1, -0.05) is 15.9 Å². The molecule has 13 heavy (non-hydrogen) atoms. The quantitative estimate of drug-likeness (QED) is 0.469. The van der Waals surface area contributed by atoms with E-state index in [0.29, 0.717) is 5.69 Å². The van der Waals surface area contributed by atoms with Gasteiger partial charge in [0.15, 0.2) is 0 Å². The first-order chi connectivity index (χ1) is 6.24. The van der Waals surface area contributed by atoms with Crippen LogP contribution >= 0.6 is 27.3 Å². The van der Waals surface area contributed by atoms with Crippen LogP contribution in [0.25, 0.3) is 10.1 Å². The van der Waals surface area contributed by atoms with Crippen LogP contribution in [0.1, 0.15) is 5.56 Å². The van der Waals surface area contributed by atoms with Gasteiger partial charge in [0, 0.05) is 5.33 Å². The summed E-state index contributed by atoms with van der Waals surface area (Å²) >= 11 is 4.97. The number of alkyl halides is 1. The van der Waals surface area contributed by atoms with Crippen LogP contribution in [-0.4, -0.2) is 5.11 Å². The highest BCUT2D eigenvalue weighted by atomic mass is 79.9. The van der Waals surface area contributed by atoms with E-state index in [-0.39, 0.29) is 5.75 Å². The van der Waals surface area contributed by atoms with Crippen LogP contribution in [0.2, 0.25) is 0 Å². The number of phenolic OH excluding ortho intramolecular Hbond substituents is 1. The Morgan fingerprint density at radius 2 is 2.23 bits per heavy atom. The first-order valence-corrected chi connectivity index (χ1v) is 5.77. The molecule has 1 aromatic heterocycles. The van der Waals surface area contributed by atoms with Crippen molar-refractivity contribution < 1.29 is 5.11 Å². The van der Waals surface area contributed by atoms with Crippen molar-refractivity contribution in [1.29, 1.82) is 0 Å². The smallest absolute Gasteiger partial charge is 0.139 e. The third kappa shape index (κ3) is 1.30. The predicted molar refractivity (Wildman–Crippen MR) is 60.5 cm³/mol. The molecular weight excluding hydrogens is 250 g/mol. The van der Waals surface area contributed by atoms with Gasteiger partial charge < -0.3 is 10.8 Å². The summed E-state index contributed by atoms with van der Waals surface area (Å²) in [5, 5.41) is 13.4. The van der Waals surface area contributed by atoms with Gasteiger partial charge in [-0.05, 0) is 28.5 Å². The van der Waals surface area contributed by atoms with Gasteiger partial charge in [-0.2, -0.15) is 0 Å². The third-order valence-corrected chi connectivity index (χ3v) is 3.66. The van der Waals surface area contributed by atoms with Crippen molar-refractivity contribution >= 4 is 43.0 Å². The first kappa shape index (κ1) is 8.84. The highest BCUT2D eigenvalue weighted by Gasteiger charge is 2.08. The minimum atomic E-state index is 0.162. The van der Waals surface area contributed by atoms with Crippen molar-refractivity contribution in [3.8, 4) is 5.75 Å². The summed E-state index contributed by atoms with van der Waals surface area (Å²) < 4.78 is 0.967. The van der Waals surface area contributed by atoms with Gasteiger partial charge in [0.1, 0.15) is 5.75 Å². The molecule has 4 heteroatoms. The van der Waals surface area contributed by atoms with Crippen molar-refractivity contribution in [2.75, 3.05) is 5.73 Å². The minimum Gasteiger partial charge on any atom is -0.506 e. The highest BCUT2D eigenvalue weighted by molar-refractivity contribution is 9.08. The number of nitrogen functional groups attached to an aromatic ring is 1. The highest BCUT2D eigenvalue weighted by Crippen LogP contribution is 2.36. The number of rotatable bonds is 1. The van der Waals surface area contributed by atoms with Crippen molar-refractivity contribution in [3.05, 3.63) is 23.1 Å². The van der Waals surface area contributed by atoms with E-state index in [1.807, 2.05) is 6.07 Å². The summed E-state index contributed by atoms with van der Waals surface area (Å²) in [6.07, 6.45) is 0. The van der Waals surface area contributed by atoms with E-state index in [4.69, 9.17) is 5.73 Å². The fourth-order valence-corrected chi connectivity index (χ4v) is 2.97. The number of phenols is 1. The van der Waals surface area contributed by atoms with Gasteiger partial charge >= 0.3 is 0 Å². The molecule has 0 unspecified atom stereocenters. The molecule has 2 aromatic rings. The Bertz CT molecular complexity index is 452. The van der Waals surface area contributed by atoms with E-state index in [1.165, 1.54) is 5.56 Å². The molecule has 1 aromatic carbocycles. The maximum Gasteiger partial charge on any atom is 0.139 e. The lowest BCUT2D eigenvalue weighted by Gasteiger charge is -1.99. The number of aromatic hydroxyl groups is 1. The second-order valence-electron chi connectivity index (χ2n) is 2.77. The molecule has 0 saturated heterocycles. The minimum absolute atomic E-state index is 0.162. The Kier molecular flexibility index (Phi) is 2.17. The lowest BCUT2D eigenvalue weighted by Crippen LogP contribution is -1.85. The topological polar surface area (TPSA) is 46.2 Å². The molecule has 1 heterocycles. The molecule has 0 fully saturated rings. The van der Waals surface area contributed by atoms with Crippen molar-refractivity contribution in [3.63, 3.8) is 0 Å². The van der Waals surface area contributed by atoms with Gasteiger partial charge in [0.05, 0.1) is 10.4 Å². The van der Waals surface area contributed by atoms with E-state index in [0.717, 1.165) is 15.4 Å². The maximum atomic E-state index is 9.37. The number of benzene rings is 1. The fraction of sp³-hybridized carbons (Fsp3) is 0.111. The number of nitrogens with two attached hydrogens (primary N) is 1. The third-order valence-electron chi connectivity index (χ3n) is 1.98. The van der Waals surface area contributed by atoms with Crippen LogP contribution in [0.15, 0.2) is 17.5 Å². The largest absolute Gasteiger partial charge is 0.506 e. The summed E-state index contributed by atoms with van der Waals surface area (Å²) in [7, 11) is 0. The predicted octanol–water partition coefficient (Wildman–Crippen LogP) is 3.08. The van der Waals surface area contributed by atoms with Gasteiger partial charge in [0.25, 0.3) is 0 Å². The Labute approximate surface area is 88.1 Å².